The van der Waals surface area contributed by atoms with Crippen molar-refractivity contribution in [2.24, 2.45) is 0 Å². The van der Waals surface area contributed by atoms with Crippen LogP contribution in [-0.4, -0.2) is 22.2 Å². The van der Waals surface area contributed by atoms with Crippen molar-refractivity contribution in [1.82, 2.24) is 0 Å². The first-order valence-electron chi connectivity index (χ1n) is 4.56. The number of hydrogen-bond acceptors (Lipinski definition) is 2. The van der Waals surface area contributed by atoms with Gasteiger partial charge in [-0.3, -0.25) is 4.79 Å². The van der Waals surface area contributed by atoms with Gasteiger partial charge in [-0.1, -0.05) is 38.8 Å². The minimum Gasteiger partial charge on any atom is -0.465 e. The van der Waals surface area contributed by atoms with E-state index >= 15 is 0 Å². The Morgan fingerprint density at radius 1 is 1.31 bits per heavy atom. The molecule has 0 rings (SSSR count). The van der Waals surface area contributed by atoms with Crippen molar-refractivity contribution in [1.29, 1.82) is 0 Å². The third kappa shape index (κ3) is 6.49. The van der Waals surface area contributed by atoms with E-state index in [1.54, 1.807) is 0 Å². The minimum atomic E-state index is -0.154. The van der Waals surface area contributed by atoms with E-state index in [1.165, 1.54) is 0 Å². The van der Waals surface area contributed by atoms with E-state index in [0.717, 1.165) is 19.3 Å². The zero-order chi connectivity index (χ0) is 10.3. The molecule has 0 aliphatic heterocycles. The van der Waals surface area contributed by atoms with Crippen LogP contribution in [0.4, 0.5) is 0 Å². The topological polar surface area (TPSA) is 26.3 Å². The van der Waals surface area contributed by atoms with Crippen molar-refractivity contribution < 1.29 is 9.53 Å². The number of alkyl halides is 2. The van der Waals surface area contributed by atoms with E-state index in [1.807, 2.05) is 6.92 Å². The minimum absolute atomic E-state index is 0.154. The maximum atomic E-state index is 11.2. The fraction of sp³-hybridized carbons (Fsp3) is 0.889. The second-order valence-electron chi connectivity index (χ2n) is 2.80. The molecule has 13 heavy (non-hydrogen) atoms. The van der Waals surface area contributed by atoms with Crippen molar-refractivity contribution in [2.75, 3.05) is 6.61 Å². The Morgan fingerprint density at radius 3 is 2.38 bits per heavy atom. The lowest BCUT2D eigenvalue weighted by molar-refractivity contribution is -0.142. The zero-order valence-electron chi connectivity index (χ0n) is 8.06. The summed E-state index contributed by atoms with van der Waals surface area (Å²) in [6, 6.07) is 0. The number of rotatable bonds is 6. The molecule has 0 aliphatic rings. The van der Waals surface area contributed by atoms with Crippen LogP contribution < -0.4 is 0 Å². The Bertz CT molecular complexity index is 151. The number of ether oxygens (including phenoxy) is 1. The number of halogens is 2. The number of esters is 1. The molecule has 0 saturated carbocycles. The maximum absolute atomic E-state index is 11.2. The van der Waals surface area contributed by atoms with Crippen LogP contribution in [0, 0.1) is 0 Å². The molecule has 2 atom stereocenters. The van der Waals surface area contributed by atoms with Crippen LogP contribution in [0.2, 0.25) is 0 Å². The van der Waals surface area contributed by atoms with Gasteiger partial charge < -0.3 is 4.74 Å². The first-order chi connectivity index (χ1) is 6.11. The lowest BCUT2D eigenvalue weighted by Crippen LogP contribution is -2.18. The molecule has 0 aromatic rings. The third-order valence-electron chi connectivity index (χ3n) is 1.72. The van der Waals surface area contributed by atoms with Crippen molar-refractivity contribution in [3.63, 3.8) is 0 Å². The highest BCUT2D eigenvalue weighted by Crippen LogP contribution is 2.17. The molecule has 0 fully saturated rings. The monoisotopic (exact) mass is 314 g/mol. The summed E-state index contributed by atoms with van der Waals surface area (Å²) in [5.41, 5.74) is 0. The molecule has 0 heterocycles. The zero-order valence-corrected chi connectivity index (χ0v) is 11.2. The Morgan fingerprint density at radius 2 is 1.92 bits per heavy atom. The fourth-order valence-electron chi connectivity index (χ4n) is 0.882. The normalized spacial score (nSPS) is 15.1. The van der Waals surface area contributed by atoms with Crippen LogP contribution in [0.5, 0.6) is 0 Å². The highest BCUT2D eigenvalue weighted by molar-refractivity contribution is 9.10. The summed E-state index contributed by atoms with van der Waals surface area (Å²) in [6.07, 6.45) is 2.90. The van der Waals surface area contributed by atoms with Crippen LogP contribution in [0.1, 0.15) is 33.1 Å². The molecule has 0 aromatic heterocycles. The molecular formula is C9H16Br2O2. The average molecular weight is 316 g/mol. The summed E-state index contributed by atoms with van der Waals surface area (Å²) in [5.74, 6) is -0.154. The Hall–Kier alpha value is 0.430. The molecule has 4 heteroatoms. The van der Waals surface area contributed by atoms with Gasteiger partial charge in [0.15, 0.2) is 0 Å². The largest absolute Gasteiger partial charge is 0.465 e. The first-order valence-corrected chi connectivity index (χ1v) is 6.39. The quantitative estimate of drug-likeness (QED) is 0.555. The van der Waals surface area contributed by atoms with Crippen LogP contribution in [0.25, 0.3) is 0 Å². The van der Waals surface area contributed by atoms with Crippen LogP contribution in [0.15, 0.2) is 0 Å². The number of hydrogen-bond donors (Lipinski definition) is 0. The lowest BCUT2D eigenvalue weighted by Gasteiger charge is -2.10. The van der Waals surface area contributed by atoms with Gasteiger partial charge in [0.1, 0.15) is 4.83 Å². The highest BCUT2D eigenvalue weighted by Gasteiger charge is 2.16. The number of carbonyl (C=O) groups excluding carboxylic acids is 1. The van der Waals surface area contributed by atoms with Crippen molar-refractivity contribution in [3.05, 3.63) is 0 Å². The molecule has 0 amide bonds. The second-order valence-corrected chi connectivity index (χ2v) is 5.20. The molecule has 0 N–H and O–H groups in total. The number of carbonyl (C=O) groups is 1. The van der Waals surface area contributed by atoms with E-state index in [2.05, 4.69) is 38.8 Å². The highest BCUT2D eigenvalue weighted by atomic mass is 79.9. The SMILES string of the molecule is CCOC(=O)[C@H](Br)CC[C@H](Br)CC. The molecule has 0 spiro atoms. The van der Waals surface area contributed by atoms with Gasteiger partial charge in [0.05, 0.1) is 6.61 Å². The first kappa shape index (κ1) is 13.4. The van der Waals surface area contributed by atoms with Crippen molar-refractivity contribution in [3.8, 4) is 0 Å². The summed E-state index contributed by atoms with van der Waals surface area (Å²) in [5, 5.41) is 0. The molecule has 0 aliphatic carbocycles. The summed E-state index contributed by atoms with van der Waals surface area (Å²) in [4.78, 5) is 11.5. The molecule has 78 valence electrons. The molecule has 0 saturated heterocycles. The predicted octanol–water partition coefficient (Wildman–Crippen LogP) is 3.27. The smallest absolute Gasteiger partial charge is 0.319 e. The van der Waals surface area contributed by atoms with Crippen LogP contribution in [0.3, 0.4) is 0 Å². The van der Waals surface area contributed by atoms with Gasteiger partial charge in [-0.2, -0.15) is 0 Å². The van der Waals surface area contributed by atoms with E-state index in [4.69, 9.17) is 4.74 Å². The summed E-state index contributed by atoms with van der Waals surface area (Å²) in [7, 11) is 0. The Balaban J connectivity index is 3.60. The van der Waals surface area contributed by atoms with Gasteiger partial charge >= 0.3 is 5.97 Å². The third-order valence-corrected chi connectivity index (χ3v) is 3.66. The van der Waals surface area contributed by atoms with Crippen molar-refractivity contribution >= 4 is 37.8 Å². The molecule has 0 aromatic carbocycles. The van der Waals surface area contributed by atoms with E-state index in [9.17, 15) is 4.79 Å². The van der Waals surface area contributed by atoms with E-state index in [0.29, 0.717) is 11.4 Å². The molecule has 0 unspecified atom stereocenters. The standard InChI is InChI=1S/C9H16Br2O2/c1-3-7(10)5-6-8(11)9(12)13-4-2/h7-8H,3-6H2,1-2H3/t7-,8-/m1/s1. The van der Waals surface area contributed by atoms with E-state index in [-0.39, 0.29) is 10.8 Å². The van der Waals surface area contributed by atoms with Gasteiger partial charge in [0.2, 0.25) is 0 Å². The van der Waals surface area contributed by atoms with Crippen molar-refractivity contribution in [2.45, 2.75) is 42.8 Å². The van der Waals surface area contributed by atoms with Gasteiger partial charge in [0.25, 0.3) is 0 Å². The van der Waals surface area contributed by atoms with Gasteiger partial charge in [-0.05, 0) is 26.2 Å². The Kier molecular flexibility index (Phi) is 8.06. The summed E-state index contributed by atoms with van der Waals surface area (Å²) in [6.45, 7) is 4.39. The maximum Gasteiger partial charge on any atom is 0.319 e. The predicted molar refractivity (Wildman–Crippen MR) is 61.6 cm³/mol. The lowest BCUT2D eigenvalue weighted by atomic mass is 10.1. The van der Waals surface area contributed by atoms with Crippen LogP contribution >= 0.6 is 31.9 Å². The molecular weight excluding hydrogens is 300 g/mol. The van der Waals surface area contributed by atoms with E-state index < -0.39 is 0 Å². The summed E-state index contributed by atoms with van der Waals surface area (Å²) >= 11 is 6.83. The fourth-order valence-corrected chi connectivity index (χ4v) is 1.54. The second kappa shape index (κ2) is 7.80. The van der Waals surface area contributed by atoms with Gasteiger partial charge in [0, 0.05) is 4.83 Å². The van der Waals surface area contributed by atoms with Crippen LogP contribution in [-0.2, 0) is 9.53 Å². The average Bonchev–Trinajstić information content (AvgIpc) is 2.13. The molecule has 2 nitrogen and oxygen atoms in total. The van der Waals surface area contributed by atoms with Gasteiger partial charge in [-0.15, -0.1) is 0 Å². The van der Waals surface area contributed by atoms with Gasteiger partial charge in [-0.25, -0.2) is 0 Å². The Labute approximate surface area is 96.7 Å². The molecule has 0 bridgehead atoms. The summed E-state index contributed by atoms with van der Waals surface area (Å²) < 4.78 is 4.87. The molecule has 0 radical (unpaired) electrons.